The van der Waals surface area contributed by atoms with E-state index in [0.29, 0.717) is 26.2 Å². The topological polar surface area (TPSA) is 72.9 Å². The van der Waals surface area contributed by atoms with Gasteiger partial charge in [0.25, 0.3) is 0 Å². The van der Waals surface area contributed by atoms with Crippen LogP contribution in [0.3, 0.4) is 0 Å². The molecule has 0 atom stereocenters. The van der Waals surface area contributed by atoms with Crippen LogP contribution in [0.15, 0.2) is 12.1 Å². The van der Waals surface area contributed by atoms with Gasteiger partial charge in [0.2, 0.25) is 10.0 Å². The summed E-state index contributed by atoms with van der Waals surface area (Å²) in [5.41, 5.74) is 0. The highest BCUT2D eigenvalue weighted by atomic mass is 32.2. The molecule has 8 nitrogen and oxygen atoms in total. The van der Waals surface area contributed by atoms with Gasteiger partial charge in [0, 0.05) is 52.4 Å². The third-order valence-electron chi connectivity index (χ3n) is 5.33. The number of nitrogens with zero attached hydrogens (tertiary/aromatic N) is 6. The van der Waals surface area contributed by atoms with E-state index in [0.717, 1.165) is 50.7 Å². The molecule has 2 saturated heterocycles. The van der Waals surface area contributed by atoms with Crippen molar-refractivity contribution in [2.45, 2.75) is 18.1 Å². The first-order valence-electron chi connectivity index (χ1n) is 9.05. The van der Waals surface area contributed by atoms with Crippen LogP contribution >= 0.6 is 0 Å². The van der Waals surface area contributed by atoms with Gasteiger partial charge in [0.05, 0.1) is 5.25 Å². The maximum Gasteiger partial charge on any atom is 0.217 e. The third kappa shape index (κ3) is 3.58. The van der Waals surface area contributed by atoms with Crippen LogP contribution in [0.25, 0.3) is 0 Å². The van der Waals surface area contributed by atoms with Gasteiger partial charge in [-0.2, -0.15) is 4.31 Å². The zero-order valence-electron chi connectivity index (χ0n) is 14.7. The molecule has 1 aromatic heterocycles. The molecule has 138 valence electrons. The average Bonchev–Trinajstić information content (AvgIpc) is 3.48. The molecule has 0 spiro atoms. The fourth-order valence-corrected chi connectivity index (χ4v) is 5.27. The van der Waals surface area contributed by atoms with Crippen molar-refractivity contribution in [3.8, 4) is 0 Å². The molecule has 2 aliphatic heterocycles. The summed E-state index contributed by atoms with van der Waals surface area (Å²) in [5, 5.41) is 8.65. The van der Waals surface area contributed by atoms with E-state index in [4.69, 9.17) is 0 Å². The first-order chi connectivity index (χ1) is 12.0. The first-order valence-corrected chi connectivity index (χ1v) is 10.6. The highest BCUT2D eigenvalue weighted by Crippen LogP contribution is 2.31. The predicted octanol–water partition coefficient (Wildman–Crippen LogP) is -0.157. The number of aromatic nitrogens is 2. The van der Waals surface area contributed by atoms with E-state index in [2.05, 4.69) is 31.9 Å². The lowest BCUT2D eigenvalue weighted by Crippen LogP contribution is -2.50. The molecule has 0 bridgehead atoms. The van der Waals surface area contributed by atoms with E-state index in [-0.39, 0.29) is 5.25 Å². The second-order valence-corrected chi connectivity index (χ2v) is 9.38. The van der Waals surface area contributed by atoms with Crippen LogP contribution in [-0.2, 0) is 10.0 Å². The normalized spacial score (nSPS) is 23.9. The van der Waals surface area contributed by atoms with Crippen LogP contribution in [0.1, 0.15) is 12.8 Å². The van der Waals surface area contributed by atoms with Crippen molar-refractivity contribution in [1.29, 1.82) is 0 Å². The maximum atomic E-state index is 12.3. The van der Waals surface area contributed by atoms with Gasteiger partial charge in [-0.1, -0.05) is 0 Å². The summed E-state index contributed by atoms with van der Waals surface area (Å²) in [6.45, 7) is 6.47. The minimum atomic E-state index is -3.06. The minimum absolute atomic E-state index is 0.123. The number of sulfonamides is 1. The Bertz CT molecular complexity index is 690. The van der Waals surface area contributed by atoms with Gasteiger partial charge >= 0.3 is 0 Å². The number of rotatable bonds is 4. The Morgan fingerprint density at radius 3 is 1.76 bits per heavy atom. The Morgan fingerprint density at radius 2 is 1.32 bits per heavy atom. The SMILES string of the molecule is CN1CCN(c2ccc(N3CCN(S(=O)(=O)C4CC4)CC3)nn2)CC1. The molecular weight excluding hydrogens is 340 g/mol. The lowest BCUT2D eigenvalue weighted by atomic mass is 10.3. The third-order valence-corrected chi connectivity index (χ3v) is 7.73. The summed E-state index contributed by atoms with van der Waals surface area (Å²) in [7, 11) is -0.926. The molecule has 0 aromatic carbocycles. The molecular formula is C16H26N6O2S. The predicted molar refractivity (Wildman–Crippen MR) is 97.5 cm³/mol. The van der Waals surface area contributed by atoms with Crippen molar-refractivity contribution >= 4 is 21.7 Å². The van der Waals surface area contributed by atoms with E-state index in [1.54, 1.807) is 4.31 Å². The number of hydrogen-bond donors (Lipinski definition) is 0. The van der Waals surface area contributed by atoms with E-state index in [1.807, 2.05) is 12.1 Å². The summed E-state index contributed by atoms with van der Waals surface area (Å²) in [6, 6.07) is 4.03. The summed E-state index contributed by atoms with van der Waals surface area (Å²) in [6.07, 6.45) is 1.64. The quantitative estimate of drug-likeness (QED) is 0.733. The van der Waals surface area contributed by atoms with Crippen molar-refractivity contribution in [2.75, 3.05) is 69.2 Å². The molecule has 0 N–H and O–H groups in total. The highest BCUT2D eigenvalue weighted by molar-refractivity contribution is 7.90. The maximum absolute atomic E-state index is 12.3. The van der Waals surface area contributed by atoms with Crippen molar-refractivity contribution in [3.05, 3.63) is 12.1 Å². The standard InChI is InChI=1S/C16H26N6O2S/c1-19-6-8-20(9-7-19)15-4-5-16(18-17-15)21-10-12-22(13-11-21)25(23,24)14-2-3-14/h4-5,14H,2-3,6-13H2,1H3. The van der Waals surface area contributed by atoms with Crippen LogP contribution in [0, 0.1) is 0 Å². The Balaban J connectivity index is 1.35. The molecule has 1 aliphatic carbocycles. The molecule has 0 unspecified atom stereocenters. The summed E-state index contributed by atoms with van der Waals surface area (Å²) < 4.78 is 26.3. The van der Waals surface area contributed by atoms with Crippen molar-refractivity contribution in [2.24, 2.45) is 0 Å². The largest absolute Gasteiger partial charge is 0.353 e. The van der Waals surface area contributed by atoms with Gasteiger partial charge in [-0.05, 0) is 32.0 Å². The molecule has 3 aliphatic rings. The molecule has 0 amide bonds. The molecule has 1 aromatic rings. The van der Waals surface area contributed by atoms with Gasteiger partial charge in [-0.15, -0.1) is 10.2 Å². The zero-order chi connectivity index (χ0) is 17.4. The summed E-state index contributed by atoms with van der Waals surface area (Å²) >= 11 is 0. The second-order valence-electron chi connectivity index (χ2n) is 7.17. The lowest BCUT2D eigenvalue weighted by Gasteiger charge is -2.35. The second kappa shape index (κ2) is 6.69. The fraction of sp³-hybridized carbons (Fsp3) is 0.750. The van der Waals surface area contributed by atoms with E-state index in [1.165, 1.54) is 0 Å². The van der Waals surface area contributed by atoms with Gasteiger partial charge < -0.3 is 14.7 Å². The Labute approximate surface area is 149 Å². The lowest BCUT2D eigenvalue weighted by molar-refractivity contribution is 0.312. The first kappa shape index (κ1) is 17.0. The van der Waals surface area contributed by atoms with Crippen molar-refractivity contribution in [1.82, 2.24) is 19.4 Å². The van der Waals surface area contributed by atoms with Crippen molar-refractivity contribution in [3.63, 3.8) is 0 Å². The van der Waals surface area contributed by atoms with Crippen LogP contribution in [0.5, 0.6) is 0 Å². The molecule has 25 heavy (non-hydrogen) atoms. The van der Waals surface area contributed by atoms with E-state index >= 15 is 0 Å². The van der Waals surface area contributed by atoms with Crippen LogP contribution in [-0.4, -0.2) is 92.5 Å². The van der Waals surface area contributed by atoms with Crippen LogP contribution in [0.2, 0.25) is 0 Å². The number of hydrogen-bond acceptors (Lipinski definition) is 7. The number of likely N-dealkylation sites (N-methyl/N-ethyl adjacent to an activating group) is 1. The van der Waals surface area contributed by atoms with E-state index in [9.17, 15) is 8.42 Å². The van der Waals surface area contributed by atoms with Crippen molar-refractivity contribution < 1.29 is 8.42 Å². The summed E-state index contributed by atoms with van der Waals surface area (Å²) in [4.78, 5) is 6.70. The summed E-state index contributed by atoms with van der Waals surface area (Å²) in [5.74, 6) is 1.76. The zero-order valence-corrected chi connectivity index (χ0v) is 15.5. The molecule has 1 saturated carbocycles. The van der Waals surface area contributed by atoms with Gasteiger partial charge in [-0.25, -0.2) is 8.42 Å². The minimum Gasteiger partial charge on any atom is -0.353 e. The van der Waals surface area contributed by atoms with E-state index < -0.39 is 10.0 Å². The Kier molecular flexibility index (Phi) is 4.55. The highest BCUT2D eigenvalue weighted by Gasteiger charge is 2.41. The monoisotopic (exact) mass is 366 g/mol. The Hall–Kier alpha value is -1.45. The molecule has 0 radical (unpaired) electrons. The Morgan fingerprint density at radius 1 is 0.840 bits per heavy atom. The smallest absolute Gasteiger partial charge is 0.217 e. The molecule has 9 heteroatoms. The average molecular weight is 366 g/mol. The fourth-order valence-electron chi connectivity index (χ4n) is 3.44. The van der Waals surface area contributed by atoms with Gasteiger partial charge in [0.1, 0.15) is 0 Å². The number of piperazine rings is 2. The number of anilines is 2. The molecule has 3 heterocycles. The van der Waals surface area contributed by atoms with Gasteiger partial charge in [0.15, 0.2) is 11.6 Å². The van der Waals surface area contributed by atoms with Gasteiger partial charge in [-0.3, -0.25) is 0 Å². The van der Waals surface area contributed by atoms with Crippen LogP contribution in [0.4, 0.5) is 11.6 Å². The van der Waals surface area contributed by atoms with Crippen LogP contribution < -0.4 is 9.80 Å². The molecule has 4 rings (SSSR count). The molecule has 3 fully saturated rings.